The lowest BCUT2D eigenvalue weighted by Gasteiger charge is -2.44. The Morgan fingerprint density at radius 3 is 2.42 bits per heavy atom. The van der Waals surface area contributed by atoms with Crippen LogP contribution in [-0.4, -0.2) is 64.6 Å². The van der Waals surface area contributed by atoms with Crippen LogP contribution in [0.3, 0.4) is 0 Å². The summed E-state index contributed by atoms with van der Waals surface area (Å²) in [6.07, 6.45) is 1.24. The van der Waals surface area contributed by atoms with Gasteiger partial charge in [0.05, 0.1) is 22.6 Å². The van der Waals surface area contributed by atoms with E-state index in [-0.39, 0.29) is 17.5 Å². The van der Waals surface area contributed by atoms with Crippen molar-refractivity contribution in [2.24, 2.45) is 0 Å². The van der Waals surface area contributed by atoms with Crippen LogP contribution in [0, 0.1) is 5.82 Å². The number of amides is 3. The SMILES string of the molecule is CCOC(=O)c1ccc(NC(=O)N2CCC3(CC2)SCCN3C(=O)c2ccccc2F)cc1. The largest absolute Gasteiger partial charge is 0.462 e. The number of piperidine rings is 1. The number of anilines is 1. The van der Waals surface area contributed by atoms with Crippen molar-refractivity contribution in [1.29, 1.82) is 0 Å². The van der Waals surface area contributed by atoms with Crippen LogP contribution in [0.1, 0.15) is 40.5 Å². The molecule has 7 nitrogen and oxygen atoms in total. The van der Waals surface area contributed by atoms with E-state index in [4.69, 9.17) is 4.74 Å². The van der Waals surface area contributed by atoms with E-state index in [0.717, 1.165) is 5.75 Å². The molecule has 1 spiro atoms. The van der Waals surface area contributed by atoms with Crippen molar-refractivity contribution < 1.29 is 23.5 Å². The summed E-state index contributed by atoms with van der Waals surface area (Å²) in [6.45, 7) is 3.59. The Morgan fingerprint density at radius 1 is 1.06 bits per heavy atom. The van der Waals surface area contributed by atoms with Crippen LogP contribution in [-0.2, 0) is 4.74 Å². The van der Waals surface area contributed by atoms with E-state index in [2.05, 4.69) is 5.32 Å². The first-order valence-corrected chi connectivity index (χ1v) is 12.0. The number of carbonyl (C=O) groups is 3. The van der Waals surface area contributed by atoms with Crippen LogP contribution in [0.5, 0.6) is 0 Å². The van der Waals surface area contributed by atoms with Gasteiger partial charge in [-0.2, -0.15) is 0 Å². The lowest BCUT2D eigenvalue weighted by molar-refractivity contribution is 0.0525. The number of nitrogens with one attached hydrogen (secondary N) is 1. The zero-order chi connectivity index (χ0) is 23.4. The Balaban J connectivity index is 1.37. The molecule has 1 N–H and O–H groups in total. The van der Waals surface area contributed by atoms with Crippen molar-refractivity contribution in [3.05, 3.63) is 65.5 Å². The standard InChI is InChI=1S/C24H26FN3O4S/c1-2-32-22(30)17-7-9-18(10-8-17)26-23(31)27-13-11-24(12-14-27)28(15-16-33-24)21(29)19-5-3-4-6-20(19)25/h3-10H,2,11-16H2,1H3,(H,26,31). The third-order valence-corrected chi connectivity index (χ3v) is 7.56. The maximum absolute atomic E-state index is 14.2. The number of carbonyl (C=O) groups excluding carboxylic acids is 3. The molecular weight excluding hydrogens is 445 g/mol. The fraction of sp³-hybridized carbons (Fsp3) is 0.375. The van der Waals surface area contributed by atoms with Crippen molar-refractivity contribution in [2.45, 2.75) is 24.6 Å². The van der Waals surface area contributed by atoms with E-state index in [1.54, 1.807) is 64.9 Å². The van der Waals surface area contributed by atoms with Crippen molar-refractivity contribution in [3.63, 3.8) is 0 Å². The number of hydrogen-bond acceptors (Lipinski definition) is 5. The van der Waals surface area contributed by atoms with E-state index in [1.165, 1.54) is 12.1 Å². The van der Waals surface area contributed by atoms with Gasteiger partial charge in [0.15, 0.2) is 0 Å². The van der Waals surface area contributed by atoms with E-state index in [9.17, 15) is 18.8 Å². The molecule has 9 heteroatoms. The van der Waals surface area contributed by atoms with Crippen LogP contribution < -0.4 is 5.32 Å². The number of ether oxygens (including phenoxy) is 1. The minimum atomic E-state index is -0.514. The molecule has 0 radical (unpaired) electrons. The van der Waals surface area contributed by atoms with Gasteiger partial charge in [-0.3, -0.25) is 4.79 Å². The Labute approximate surface area is 196 Å². The second kappa shape index (κ2) is 9.82. The molecule has 4 rings (SSSR count). The molecule has 2 aliphatic heterocycles. The van der Waals surface area contributed by atoms with Crippen LogP contribution in [0.2, 0.25) is 0 Å². The summed E-state index contributed by atoms with van der Waals surface area (Å²) in [4.78, 5) is 40.7. The molecular formula is C24H26FN3O4S. The zero-order valence-corrected chi connectivity index (χ0v) is 19.2. The molecule has 0 bridgehead atoms. The van der Waals surface area contributed by atoms with Gasteiger partial charge in [-0.05, 0) is 56.2 Å². The summed E-state index contributed by atoms with van der Waals surface area (Å²) in [7, 11) is 0. The zero-order valence-electron chi connectivity index (χ0n) is 18.4. The molecule has 2 heterocycles. The predicted octanol–water partition coefficient (Wildman–Crippen LogP) is 4.22. The average Bonchev–Trinajstić information content (AvgIpc) is 3.22. The molecule has 0 aromatic heterocycles. The van der Waals surface area contributed by atoms with Gasteiger partial charge in [-0.15, -0.1) is 11.8 Å². The number of nitrogens with zero attached hydrogens (tertiary/aromatic N) is 2. The van der Waals surface area contributed by atoms with Gasteiger partial charge >= 0.3 is 12.0 Å². The number of likely N-dealkylation sites (tertiary alicyclic amines) is 1. The van der Waals surface area contributed by atoms with E-state index in [0.29, 0.717) is 50.3 Å². The highest BCUT2D eigenvalue weighted by molar-refractivity contribution is 8.00. The van der Waals surface area contributed by atoms with Crippen LogP contribution in [0.25, 0.3) is 0 Å². The average molecular weight is 472 g/mol. The van der Waals surface area contributed by atoms with Gasteiger partial charge in [0.2, 0.25) is 0 Å². The van der Waals surface area contributed by atoms with E-state index >= 15 is 0 Å². The van der Waals surface area contributed by atoms with Crippen molar-refractivity contribution in [2.75, 3.05) is 37.3 Å². The third kappa shape index (κ3) is 4.83. The quantitative estimate of drug-likeness (QED) is 0.676. The number of halogens is 1. The Kier molecular flexibility index (Phi) is 6.88. The highest BCUT2D eigenvalue weighted by atomic mass is 32.2. The highest BCUT2D eigenvalue weighted by Crippen LogP contribution is 2.44. The Morgan fingerprint density at radius 2 is 1.76 bits per heavy atom. The third-order valence-electron chi connectivity index (χ3n) is 6.01. The lowest BCUT2D eigenvalue weighted by atomic mass is 10.0. The fourth-order valence-corrected chi connectivity index (χ4v) is 5.71. The second-order valence-electron chi connectivity index (χ2n) is 7.95. The number of benzene rings is 2. The molecule has 33 heavy (non-hydrogen) atoms. The van der Waals surface area contributed by atoms with Gasteiger partial charge in [-0.25, -0.2) is 14.0 Å². The molecule has 174 valence electrons. The fourth-order valence-electron chi connectivity index (χ4n) is 4.26. The van der Waals surface area contributed by atoms with E-state index in [1.807, 2.05) is 0 Å². The first-order valence-electron chi connectivity index (χ1n) is 11.0. The molecule has 0 atom stereocenters. The second-order valence-corrected chi connectivity index (χ2v) is 9.40. The Bertz CT molecular complexity index is 1040. The number of urea groups is 1. The van der Waals surface area contributed by atoms with Crippen molar-refractivity contribution >= 4 is 35.4 Å². The molecule has 2 aromatic carbocycles. The minimum Gasteiger partial charge on any atom is -0.462 e. The molecule has 0 aliphatic carbocycles. The van der Waals surface area contributed by atoms with Crippen LogP contribution in [0.4, 0.5) is 14.9 Å². The molecule has 2 fully saturated rings. The monoisotopic (exact) mass is 471 g/mol. The number of esters is 1. The highest BCUT2D eigenvalue weighted by Gasteiger charge is 2.47. The van der Waals surface area contributed by atoms with Gasteiger partial charge < -0.3 is 19.9 Å². The first-order chi connectivity index (χ1) is 15.9. The van der Waals surface area contributed by atoms with Crippen LogP contribution >= 0.6 is 11.8 Å². The molecule has 2 aromatic rings. The summed E-state index contributed by atoms with van der Waals surface area (Å²) in [5.41, 5.74) is 1.10. The maximum Gasteiger partial charge on any atom is 0.338 e. The molecule has 0 unspecified atom stereocenters. The minimum absolute atomic E-state index is 0.0887. The van der Waals surface area contributed by atoms with Crippen LogP contribution in [0.15, 0.2) is 48.5 Å². The summed E-state index contributed by atoms with van der Waals surface area (Å²) < 4.78 is 19.2. The van der Waals surface area contributed by atoms with Crippen molar-refractivity contribution in [1.82, 2.24) is 9.80 Å². The van der Waals surface area contributed by atoms with Crippen molar-refractivity contribution in [3.8, 4) is 0 Å². The summed E-state index contributed by atoms with van der Waals surface area (Å²) in [6, 6.07) is 12.4. The van der Waals surface area contributed by atoms with Gasteiger partial charge in [0.1, 0.15) is 5.82 Å². The molecule has 2 aliphatic rings. The smallest absolute Gasteiger partial charge is 0.338 e. The summed E-state index contributed by atoms with van der Waals surface area (Å²) in [5, 5.41) is 2.85. The summed E-state index contributed by atoms with van der Waals surface area (Å²) >= 11 is 1.71. The predicted molar refractivity (Wildman–Crippen MR) is 125 cm³/mol. The van der Waals surface area contributed by atoms with Gasteiger partial charge in [0.25, 0.3) is 5.91 Å². The number of hydrogen-bond donors (Lipinski definition) is 1. The molecule has 2 saturated heterocycles. The summed E-state index contributed by atoms with van der Waals surface area (Å²) in [5.74, 6) is -0.419. The Hall–Kier alpha value is -3.07. The number of rotatable bonds is 4. The lowest BCUT2D eigenvalue weighted by Crippen LogP contribution is -2.54. The van der Waals surface area contributed by atoms with Gasteiger partial charge in [0, 0.05) is 31.1 Å². The number of thioether (sulfide) groups is 1. The maximum atomic E-state index is 14.2. The first kappa shape index (κ1) is 23.1. The van der Waals surface area contributed by atoms with Gasteiger partial charge in [-0.1, -0.05) is 12.1 Å². The molecule has 3 amide bonds. The topological polar surface area (TPSA) is 79.0 Å². The normalized spacial score (nSPS) is 17.2. The molecule has 0 saturated carbocycles. The van der Waals surface area contributed by atoms with E-state index < -0.39 is 16.7 Å².